The van der Waals surface area contributed by atoms with Gasteiger partial charge in [-0.25, -0.2) is 9.97 Å². The maximum Gasteiger partial charge on any atom is 0.316 e. The number of carboxylic acid groups (broad SMARTS) is 1. The monoisotopic (exact) mass is 374 g/mol. The maximum atomic E-state index is 11.2. The van der Waals surface area contributed by atoms with Crippen LogP contribution in [0.2, 0.25) is 0 Å². The number of hydrogen-bond donors (Lipinski definition) is 1. The average Bonchev–Trinajstić information content (AvgIpc) is 2.99. The van der Waals surface area contributed by atoms with E-state index in [0.717, 1.165) is 27.1 Å². The Hall–Kier alpha value is -2.12. The molecule has 5 nitrogen and oxygen atoms in total. The molecule has 2 aromatic heterocycles. The van der Waals surface area contributed by atoms with Gasteiger partial charge in [0.2, 0.25) is 0 Å². The third kappa shape index (κ3) is 3.77. The fourth-order valence-corrected chi connectivity index (χ4v) is 4.43. The predicted molar refractivity (Wildman–Crippen MR) is 102 cm³/mol. The van der Waals surface area contributed by atoms with Crippen LogP contribution in [0.1, 0.15) is 19.7 Å². The number of benzene rings is 1. The van der Waals surface area contributed by atoms with E-state index < -0.39 is 11.2 Å². The number of thioether (sulfide) groups is 1. The van der Waals surface area contributed by atoms with Crippen LogP contribution >= 0.6 is 23.1 Å². The van der Waals surface area contributed by atoms with Crippen molar-refractivity contribution in [1.82, 2.24) is 9.97 Å². The molecule has 0 spiro atoms. The Bertz CT molecular complexity index is 907. The van der Waals surface area contributed by atoms with E-state index in [1.165, 1.54) is 11.8 Å². The lowest BCUT2D eigenvalue weighted by atomic mass is 10.1. The van der Waals surface area contributed by atoms with Gasteiger partial charge in [0.15, 0.2) is 0 Å². The lowest BCUT2D eigenvalue weighted by molar-refractivity contribution is -0.136. The molecule has 0 bridgehead atoms. The van der Waals surface area contributed by atoms with Crippen molar-refractivity contribution in [3.8, 4) is 16.9 Å². The molecule has 0 amide bonds. The summed E-state index contributed by atoms with van der Waals surface area (Å²) in [7, 11) is 0. The molecule has 1 N–H and O–H groups in total. The highest BCUT2D eigenvalue weighted by atomic mass is 32.2. The van der Waals surface area contributed by atoms with Gasteiger partial charge in [-0.3, -0.25) is 4.79 Å². The molecular weight excluding hydrogens is 356 g/mol. The van der Waals surface area contributed by atoms with Crippen molar-refractivity contribution >= 4 is 39.3 Å². The first-order valence-corrected chi connectivity index (χ1v) is 9.64. The van der Waals surface area contributed by atoms with Gasteiger partial charge in [0.25, 0.3) is 0 Å². The molecule has 0 saturated heterocycles. The molecule has 1 unspecified atom stereocenters. The van der Waals surface area contributed by atoms with Crippen molar-refractivity contribution in [2.45, 2.75) is 31.0 Å². The third-order valence-corrected chi connectivity index (χ3v) is 5.57. The van der Waals surface area contributed by atoms with Crippen LogP contribution in [0.4, 0.5) is 0 Å². The summed E-state index contributed by atoms with van der Waals surface area (Å²) in [5, 5.41) is 12.3. The summed E-state index contributed by atoms with van der Waals surface area (Å²) in [6.07, 6.45) is 0. The van der Waals surface area contributed by atoms with E-state index in [9.17, 15) is 9.90 Å². The van der Waals surface area contributed by atoms with Crippen molar-refractivity contribution < 1.29 is 14.6 Å². The number of ether oxygens (including phenoxy) is 1. The molecule has 130 valence electrons. The summed E-state index contributed by atoms with van der Waals surface area (Å²) in [4.78, 5) is 21.1. The number of hydrogen-bond acceptors (Lipinski definition) is 6. The fourth-order valence-electron chi connectivity index (χ4n) is 2.42. The first-order valence-electron chi connectivity index (χ1n) is 7.88. The predicted octanol–water partition coefficient (Wildman–Crippen LogP) is 4.63. The summed E-state index contributed by atoms with van der Waals surface area (Å²) in [6.45, 7) is 6.07. The highest BCUT2D eigenvalue weighted by Crippen LogP contribution is 2.39. The lowest BCUT2D eigenvalue weighted by Gasteiger charge is -2.09. The molecule has 0 fully saturated rings. The van der Waals surface area contributed by atoms with Gasteiger partial charge in [-0.05, 0) is 38.5 Å². The Morgan fingerprint density at radius 2 is 2.04 bits per heavy atom. The van der Waals surface area contributed by atoms with E-state index in [1.54, 1.807) is 18.3 Å². The van der Waals surface area contributed by atoms with Crippen molar-refractivity contribution in [3.05, 3.63) is 35.5 Å². The number of rotatable bonds is 6. The molecule has 0 radical (unpaired) electrons. The molecule has 1 aromatic carbocycles. The van der Waals surface area contributed by atoms with E-state index in [2.05, 4.69) is 9.97 Å². The minimum atomic E-state index is -0.854. The van der Waals surface area contributed by atoms with Crippen molar-refractivity contribution in [3.63, 3.8) is 0 Å². The number of aromatic nitrogens is 2. The van der Waals surface area contributed by atoms with Crippen molar-refractivity contribution in [2.75, 3.05) is 6.61 Å². The zero-order chi connectivity index (χ0) is 18.0. The Balaban J connectivity index is 2.08. The third-order valence-electron chi connectivity index (χ3n) is 3.62. The largest absolute Gasteiger partial charge is 0.494 e. The molecule has 0 aliphatic rings. The topological polar surface area (TPSA) is 72.3 Å². The van der Waals surface area contributed by atoms with Gasteiger partial charge in [0.1, 0.15) is 26.7 Å². The van der Waals surface area contributed by atoms with E-state index in [4.69, 9.17) is 4.74 Å². The Labute approximate surface area is 154 Å². The summed E-state index contributed by atoms with van der Waals surface area (Å²) >= 11 is 2.80. The second kappa shape index (κ2) is 7.41. The molecule has 3 rings (SSSR count). The standard InChI is InChI=1S/C18H18N2O3S2/c1-4-23-13-7-5-12(6-8-13)14-9-24-16-15(14)17(20-11(3)19-16)25-10(2)18(21)22/h5-10H,4H2,1-3H3,(H,21,22). The van der Waals surface area contributed by atoms with Gasteiger partial charge in [-0.15, -0.1) is 11.3 Å². The highest BCUT2D eigenvalue weighted by Gasteiger charge is 2.20. The number of nitrogens with zero attached hydrogens (tertiary/aromatic N) is 2. The van der Waals surface area contributed by atoms with Gasteiger partial charge in [0.05, 0.1) is 12.0 Å². The number of thiophene rings is 1. The second-order valence-electron chi connectivity index (χ2n) is 5.46. The van der Waals surface area contributed by atoms with Crippen molar-refractivity contribution in [2.24, 2.45) is 0 Å². The van der Waals surface area contributed by atoms with Crippen LogP contribution in [0.15, 0.2) is 34.7 Å². The number of aliphatic carboxylic acids is 1. The summed E-state index contributed by atoms with van der Waals surface area (Å²) in [5.41, 5.74) is 2.05. The summed E-state index contributed by atoms with van der Waals surface area (Å²) in [6, 6.07) is 7.87. The number of carbonyl (C=O) groups is 1. The molecular formula is C18H18N2O3S2. The van der Waals surface area contributed by atoms with E-state index >= 15 is 0 Å². The first kappa shape index (κ1) is 17.7. The lowest BCUT2D eigenvalue weighted by Crippen LogP contribution is -2.11. The Morgan fingerprint density at radius 1 is 1.32 bits per heavy atom. The van der Waals surface area contributed by atoms with Gasteiger partial charge >= 0.3 is 5.97 Å². The van der Waals surface area contributed by atoms with E-state index in [-0.39, 0.29) is 0 Å². The van der Waals surface area contributed by atoms with Crippen LogP contribution in [-0.2, 0) is 4.79 Å². The van der Waals surface area contributed by atoms with Crippen LogP contribution in [0.5, 0.6) is 5.75 Å². The van der Waals surface area contributed by atoms with Gasteiger partial charge < -0.3 is 9.84 Å². The Kier molecular flexibility index (Phi) is 5.24. The molecule has 3 aromatic rings. The van der Waals surface area contributed by atoms with Crippen LogP contribution in [0, 0.1) is 6.92 Å². The van der Waals surface area contributed by atoms with Gasteiger partial charge in [-0.2, -0.15) is 0 Å². The minimum absolute atomic E-state index is 0.578. The van der Waals surface area contributed by atoms with Crippen LogP contribution in [-0.4, -0.2) is 32.9 Å². The number of aryl methyl sites for hydroxylation is 1. The molecule has 7 heteroatoms. The van der Waals surface area contributed by atoms with E-state index in [0.29, 0.717) is 17.5 Å². The number of carboxylic acids is 1. The van der Waals surface area contributed by atoms with Gasteiger partial charge in [-0.1, -0.05) is 23.9 Å². The van der Waals surface area contributed by atoms with Crippen LogP contribution in [0.3, 0.4) is 0 Å². The van der Waals surface area contributed by atoms with Crippen LogP contribution < -0.4 is 4.74 Å². The zero-order valence-electron chi connectivity index (χ0n) is 14.1. The molecule has 25 heavy (non-hydrogen) atoms. The van der Waals surface area contributed by atoms with E-state index in [1.807, 2.05) is 43.5 Å². The second-order valence-corrected chi connectivity index (χ2v) is 7.65. The van der Waals surface area contributed by atoms with Gasteiger partial charge in [0, 0.05) is 10.9 Å². The SMILES string of the molecule is CCOc1ccc(-c2csc3nc(C)nc(SC(C)C(=O)O)c23)cc1. The smallest absolute Gasteiger partial charge is 0.316 e. The minimum Gasteiger partial charge on any atom is -0.494 e. The summed E-state index contributed by atoms with van der Waals surface area (Å²) in [5.74, 6) is 0.618. The normalized spacial score (nSPS) is 12.3. The average molecular weight is 374 g/mol. The molecule has 2 heterocycles. The number of fused-ring (bicyclic) bond motifs is 1. The summed E-state index contributed by atoms with van der Waals surface area (Å²) < 4.78 is 5.49. The molecule has 0 aliphatic carbocycles. The van der Waals surface area contributed by atoms with Crippen molar-refractivity contribution in [1.29, 1.82) is 0 Å². The maximum absolute atomic E-state index is 11.2. The Morgan fingerprint density at radius 3 is 2.68 bits per heavy atom. The highest BCUT2D eigenvalue weighted by molar-refractivity contribution is 8.00. The fraction of sp³-hybridized carbons (Fsp3) is 0.278. The molecule has 0 saturated carbocycles. The zero-order valence-corrected chi connectivity index (χ0v) is 15.8. The van der Waals surface area contributed by atoms with Crippen LogP contribution in [0.25, 0.3) is 21.3 Å². The molecule has 0 aliphatic heterocycles. The quantitative estimate of drug-likeness (QED) is 0.501. The first-order chi connectivity index (χ1) is 12.0. The molecule has 1 atom stereocenters.